The van der Waals surface area contributed by atoms with E-state index in [0.29, 0.717) is 11.1 Å². The van der Waals surface area contributed by atoms with Crippen molar-refractivity contribution in [3.63, 3.8) is 0 Å². The van der Waals surface area contributed by atoms with Crippen molar-refractivity contribution < 1.29 is 19.4 Å². The first kappa shape index (κ1) is 19.0. The van der Waals surface area contributed by atoms with Gasteiger partial charge in [0.15, 0.2) is 11.5 Å². The minimum atomic E-state index is -0.325. The smallest absolute Gasteiger partial charge is 0.271 e. The monoisotopic (exact) mass is 376 g/mol. The summed E-state index contributed by atoms with van der Waals surface area (Å²) in [5, 5.41) is 13.9. The summed E-state index contributed by atoms with van der Waals surface area (Å²) >= 11 is 0. The molecule has 0 spiro atoms. The number of ether oxygens (including phenoxy) is 2. The number of rotatable bonds is 6. The molecule has 0 aromatic heterocycles. The van der Waals surface area contributed by atoms with Crippen LogP contribution in [0.15, 0.2) is 71.8 Å². The Kier molecular flexibility index (Phi) is 5.91. The molecule has 2 N–H and O–H groups in total. The van der Waals surface area contributed by atoms with Gasteiger partial charge in [-0.15, -0.1) is 0 Å². The van der Waals surface area contributed by atoms with Gasteiger partial charge in [-0.05, 0) is 35.4 Å². The summed E-state index contributed by atoms with van der Waals surface area (Å²) in [7, 11) is 2.88. The number of phenolic OH excluding ortho intramolecular Hbond substituents is 1. The molecule has 3 aromatic rings. The van der Waals surface area contributed by atoms with E-state index in [-0.39, 0.29) is 23.2 Å². The molecule has 0 heterocycles. The highest BCUT2D eigenvalue weighted by molar-refractivity contribution is 5.95. The van der Waals surface area contributed by atoms with Crippen molar-refractivity contribution in [2.75, 3.05) is 14.2 Å². The maximum absolute atomic E-state index is 12.3. The zero-order valence-corrected chi connectivity index (χ0v) is 15.5. The maximum atomic E-state index is 12.3. The molecule has 0 aliphatic rings. The molecule has 3 rings (SSSR count). The highest BCUT2D eigenvalue weighted by atomic mass is 16.5. The Morgan fingerprint density at radius 2 is 1.50 bits per heavy atom. The molecule has 1 amide bonds. The fourth-order valence-electron chi connectivity index (χ4n) is 2.66. The molecular weight excluding hydrogens is 356 g/mol. The summed E-state index contributed by atoms with van der Waals surface area (Å²) in [5.74, 6) is 0.0884. The van der Waals surface area contributed by atoms with Crippen LogP contribution < -0.4 is 14.9 Å². The largest absolute Gasteiger partial charge is 0.502 e. The van der Waals surface area contributed by atoms with Crippen molar-refractivity contribution in [1.29, 1.82) is 0 Å². The van der Waals surface area contributed by atoms with Gasteiger partial charge in [0.2, 0.25) is 5.75 Å². The van der Waals surface area contributed by atoms with E-state index in [1.54, 1.807) is 24.3 Å². The molecule has 0 saturated heterocycles. The normalized spacial score (nSPS) is 10.6. The van der Waals surface area contributed by atoms with E-state index in [2.05, 4.69) is 10.5 Å². The van der Waals surface area contributed by atoms with E-state index >= 15 is 0 Å². The number of nitrogens with one attached hydrogen (secondary N) is 1. The van der Waals surface area contributed by atoms with E-state index in [0.717, 1.165) is 11.1 Å². The third kappa shape index (κ3) is 4.29. The average molecular weight is 376 g/mol. The van der Waals surface area contributed by atoms with Gasteiger partial charge in [-0.2, -0.15) is 5.10 Å². The first-order valence-corrected chi connectivity index (χ1v) is 8.56. The number of benzene rings is 3. The summed E-state index contributed by atoms with van der Waals surface area (Å²) in [6.07, 6.45) is 1.45. The number of hydrazone groups is 1. The van der Waals surface area contributed by atoms with Gasteiger partial charge in [0, 0.05) is 11.1 Å². The van der Waals surface area contributed by atoms with E-state index in [1.807, 2.05) is 42.5 Å². The Morgan fingerprint density at radius 1 is 0.929 bits per heavy atom. The Labute approximate surface area is 163 Å². The first-order chi connectivity index (χ1) is 13.6. The summed E-state index contributed by atoms with van der Waals surface area (Å²) in [6, 6.07) is 20.4. The van der Waals surface area contributed by atoms with E-state index < -0.39 is 0 Å². The van der Waals surface area contributed by atoms with Gasteiger partial charge in [-0.3, -0.25) is 4.79 Å². The Morgan fingerprint density at radius 3 is 2.07 bits per heavy atom. The van der Waals surface area contributed by atoms with Crippen LogP contribution in [0.3, 0.4) is 0 Å². The fraction of sp³-hybridized carbons (Fsp3) is 0.0909. The molecule has 0 unspecified atom stereocenters. The number of carbonyl (C=O) groups excluding carboxylic acids is 1. The second kappa shape index (κ2) is 8.73. The third-order valence-electron chi connectivity index (χ3n) is 4.14. The zero-order chi connectivity index (χ0) is 19.9. The molecule has 0 bridgehead atoms. The van der Waals surface area contributed by atoms with Crippen LogP contribution >= 0.6 is 0 Å². The lowest BCUT2D eigenvalue weighted by Gasteiger charge is -2.09. The second-order valence-electron chi connectivity index (χ2n) is 5.92. The van der Waals surface area contributed by atoms with Gasteiger partial charge < -0.3 is 14.6 Å². The summed E-state index contributed by atoms with van der Waals surface area (Å²) in [5.41, 5.74) is 5.70. The SMILES string of the molecule is COc1cc(C=NNC(=O)c2ccc(-c3ccccc3)cc2)cc(OC)c1O. The van der Waals surface area contributed by atoms with Crippen molar-refractivity contribution in [3.05, 3.63) is 77.9 Å². The van der Waals surface area contributed by atoms with Crippen LogP contribution in [0.1, 0.15) is 15.9 Å². The predicted octanol–water partition coefficient (Wildman–Crippen LogP) is 3.84. The molecule has 3 aromatic carbocycles. The van der Waals surface area contributed by atoms with Crippen LogP contribution in [0.2, 0.25) is 0 Å². The number of methoxy groups -OCH3 is 2. The van der Waals surface area contributed by atoms with Gasteiger partial charge in [0.1, 0.15) is 0 Å². The lowest BCUT2D eigenvalue weighted by molar-refractivity contribution is 0.0955. The van der Waals surface area contributed by atoms with Gasteiger partial charge in [-0.1, -0.05) is 42.5 Å². The second-order valence-corrected chi connectivity index (χ2v) is 5.92. The predicted molar refractivity (Wildman–Crippen MR) is 108 cm³/mol. The molecule has 0 atom stereocenters. The standard InChI is InChI=1S/C22H20N2O4/c1-27-19-12-15(13-20(28-2)21(19)25)14-23-24-22(26)18-10-8-17(9-11-18)16-6-4-3-5-7-16/h3-14,25H,1-2H3,(H,24,26). The fourth-order valence-corrected chi connectivity index (χ4v) is 2.66. The number of carbonyl (C=O) groups is 1. The molecule has 0 aliphatic carbocycles. The number of hydrogen-bond acceptors (Lipinski definition) is 5. The number of amides is 1. The molecule has 142 valence electrons. The van der Waals surface area contributed by atoms with Crippen LogP contribution in [-0.4, -0.2) is 31.4 Å². The zero-order valence-electron chi connectivity index (χ0n) is 15.5. The molecule has 0 saturated carbocycles. The minimum absolute atomic E-state index is 0.0929. The van der Waals surface area contributed by atoms with Crippen LogP contribution in [-0.2, 0) is 0 Å². The Balaban J connectivity index is 1.68. The topological polar surface area (TPSA) is 80.2 Å². The molecule has 6 nitrogen and oxygen atoms in total. The van der Waals surface area contributed by atoms with Crippen LogP contribution in [0.4, 0.5) is 0 Å². The van der Waals surface area contributed by atoms with Crippen LogP contribution in [0.5, 0.6) is 17.2 Å². The first-order valence-electron chi connectivity index (χ1n) is 8.56. The van der Waals surface area contributed by atoms with Crippen LogP contribution in [0.25, 0.3) is 11.1 Å². The van der Waals surface area contributed by atoms with Crippen molar-refractivity contribution in [2.45, 2.75) is 0 Å². The minimum Gasteiger partial charge on any atom is -0.502 e. The lowest BCUT2D eigenvalue weighted by atomic mass is 10.0. The number of phenols is 1. The Bertz CT molecular complexity index is 958. The van der Waals surface area contributed by atoms with E-state index in [9.17, 15) is 9.90 Å². The van der Waals surface area contributed by atoms with Gasteiger partial charge in [-0.25, -0.2) is 5.43 Å². The quantitative estimate of drug-likeness (QED) is 0.506. The maximum Gasteiger partial charge on any atom is 0.271 e. The van der Waals surface area contributed by atoms with Crippen LogP contribution in [0, 0.1) is 0 Å². The number of aromatic hydroxyl groups is 1. The number of hydrogen-bond donors (Lipinski definition) is 2. The molecule has 0 fully saturated rings. The van der Waals surface area contributed by atoms with Gasteiger partial charge >= 0.3 is 0 Å². The summed E-state index contributed by atoms with van der Waals surface area (Å²) in [6.45, 7) is 0. The van der Waals surface area contributed by atoms with E-state index in [1.165, 1.54) is 20.4 Å². The highest BCUT2D eigenvalue weighted by Gasteiger charge is 2.10. The van der Waals surface area contributed by atoms with Gasteiger partial charge in [0.25, 0.3) is 5.91 Å². The third-order valence-corrected chi connectivity index (χ3v) is 4.14. The van der Waals surface area contributed by atoms with Crippen molar-refractivity contribution >= 4 is 12.1 Å². The Hall–Kier alpha value is -3.80. The van der Waals surface area contributed by atoms with E-state index in [4.69, 9.17) is 9.47 Å². The van der Waals surface area contributed by atoms with Crippen molar-refractivity contribution in [2.24, 2.45) is 5.10 Å². The highest BCUT2D eigenvalue weighted by Crippen LogP contribution is 2.36. The lowest BCUT2D eigenvalue weighted by Crippen LogP contribution is -2.17. The van der Waals surface area contributed by atoms with Crippen molar-refractivity contribution in [3.8, 4) is 28.4 Å². The van der Waals surface area contributed by atoms with Crippen molar-refractivity contribution in [1.82, 2.24) is 5.43 Å². The molecule has 6 heteroatoms. The molecule has 0 radical (unpaired) electrons. The average Bonchev–Trinajstić information content (AvgIpc) is 2.75. The summed E-state index contributed by atoms with van der Waals surface area (Å²) in [4.78, 5) is 12.3. The van der Waals surface area contributed by atoms with Gasteiger partial charge in [0.05, 0.1) is 20.4 Å². The molecule has 28 heavy (non-hydrogen) atoms. The summed E-state index contributed by atoms with van der Waals surface area (Å²) < 4.78 is 10.2. The number of nitrogens with zero attached hydrogens (tertiary/aromatic N) is 1. The molecular formula is C22H20N2O4. The molecule has 0 aliphatic heterocycles.